The average molecular weight is 364 g/mol. The highest BCUT2D eigenvalue weighted by Crippen LogP contribution is 2.22. The van der Waals surface area contributed by atoms with E-state index in [4.69, 9.17) is 0 Å². The Morgan fingerprint density at radius 2 is 1.80 bits per heavy atom. The molecule has 1 N–H and O–H groups in total. The largest absolute Gasteiger partial charge is 0.326 e. The van der Waals surface area contributed by atoms with Crippen molar-refractivity contribution in [1.29, 1.82) is 0 Å². The maximum atomic E-state index is 13.9. The number of sulfonamides is 1. The van der Waals surface area contributed by atoms with Gasteiger partial charge in [0.05, 0.1) is 11.9 Å². The molecule has 25 heavy (non-hydrogen) atoms. The van der Waals surface area contributed by atoms with Gasteiger partial charge in [0.15, 0.2) is 0 Å². The van der Waals surface area contributed by atoms with Crippen molar-refractivity contribution in [3.63, 3.8) is 0 Å². The van der Waals surface area contributed by atoms with Crippen LogP contribution in [0.4, 0.5) is 15.8 Å². The second-order valence-corrected chi connectivity index (χ2v) is 7.74. The second kappa shape index (κ2) is 7.65. The quantitative estimate of drug-likeness (QED) is 0.856. The fourth-order valence-corrected chi connectivity index (χ4v) is 3.35. The van der Waals surface area contributed by atoms with Gasteiger partial charge in [0.25, 0.3) is 0 Å². The van der Waals surface area contributed by atoms with E-state index in [0.29, 0.717) is 5.69 Å². The molecule has 0 spiro atoms. The van der Waals surface area contributed by atoms with Gasteiger partial charge >= 0.3 is 0 Å². The summed E-state index contributed by atoms with van der Waals surface area (Å²) in [7, 11) is -3.71. The Balaban J connectivity index is 2.12. The van der Waals surface area contributed by atoms with Gasteiger partial charge in [-0.2, -0.15) is 0 Å². The van der Waals surface area contributed by atoms with Crippen molar-refractivity contribution < 1.29 is 17.6 Å². The zero-order valence-corrected chi connectivity index (χ0v) is 15.2. The van der Waals surface area contributed by atoms with Gasteiger partial charge in [-0.25, -0.2) is 12.8 Å². The zero-order valence-electron chi connectivity index (χ0n) is 14.4. The lowest BCUT2D eigenvalue weighted by Crippen LogP contribution is -2.33. The van der Waals surface area contributed by atoms with Crippen molar-refractivity contribution in [3.8, 4) is 0 Å². The summed E-state index contributed by atoms with van der Waals surface area (Å²) in [5, 5.41) is 2.77. The lowest BCUT2D eigenvalue weighted by molar-refractivity contribution is -0.116. The van der Waals surface area contributed by atoms with E-state index in [1.807, 2.05) is 26.0 Å². The minimum atomic E-state index is -3.71. The molecule has 0 bridgehead atoms. The number of carbonyl (C=O) groups excluding carboxylic acids is 1. The Morgan fingerprint density at radius 3 is 2.44 bits per heavy atom. The molecule has 0 aliphatic heterocycles. The van der Waals surface area contributed by atoms with Gasteiger partial charge in [0, 0.05) is 18.7 Å². The number of carbonyl (C=O) groups is 1. The van der Waals surface area contributed by atoms with Gasteiger partial charge < -0.3 is 5.32 Å². The summed E-state index contributed by atoms with van der Waals surface area (Å²) in [5.74, 6) is -0.985. The van der Waals surface area contributed by atoms with Crippen molar-refractivity contribution >= 4 is 27.3 Å². The fourth-order valence-electron chi connectivity index (χ4n) is 2.42. The van der Waals surface area contributed by atoms with Crippen LogP contribution < -0.4 is 9.62 Å². The first-order chi connectivity index (χ1) is 11.7. The molecule has 0 saturated heterocycles. The Bertz CT molecular complexity index is 882. The molecule has 1 amide bonds. The highest BCUT2D eigenvalue weighted by Gasteiger charge is 2.21. The molecule has 0 fully saturated rings. The van der Waals surface area contributed by atoms with E-state index in [1.54, 1.807) is 12.1 Å². The Morgan fingerprint density at radius 1 is 1.12 bits per heavy atom. The molecule has 2 rings (SSSR count). The molecule has 0 heterocycles. The van der Waals surface area contributed by atoms with Gasteiger partial charge in [0.2, 0.25) is 15.9 Å². The lowest BCUT2D eigenvalue weighted by atomic mass is 10.1. The summed E-state index contributed by atoms with van der Waals surface area (Å²) in [6.07, 6.45) is 0.900. The van der Waals surface area contributed by atoms with Crippen LogP contribution in [0.25, 0.3) is 0 Å². The van der Waals surface area contributed by atoms with Crippen LogP contribution in [0.2, 0.25) is 0 Å². The first kappa shape index (κ1) is 18.9. The summed E-state index contributed by atoms with van der Waals surface area (Å²) in [6.45, 7) is 3.69. The van der Waals surface area contributed by atoms with E-state index in [2.05, 4.69) is 5.32 Å². The van der Waals surface area contributed by atoms with Crippen molar-refractivity contribution in [2.45, 2.75) is 20.3 Å². The molecule has 0 aliphatic rings. The van der Waals surface area contributed by atoms with Gasteiger partial charge in [-0.15, -0.1) is 0 Å². The van der Waals surface area contributed by atoms with Gasteiger partial charge in [-0.05, 0) is 43.2 Å². The van der Waals surface area contributed by atoms with E-state index < -0.39 is 15.8 Å². The zero-order chi connectivity index (χ0) is 18.6. The number of nitrogens with zero attached hydrogens (tertiary/aromatic N) is 1. The van der Waals surface area contributed by atoms with Crippen LogP contribution in [0.5, 0.6) is 0 Å². The third-order valence-electron chi connectivity index (χ3n) is 3.94. The highest BCUT2D eigenvalue weighted by atomic mass is 32.2. The fraction of sp³-hybridized carbons (Fsp3) is 0.278. The maximum Gasteiger partial charge on any atom is 0.232 e. The van der Waals surface area contributed by atoms with Crippen molar-refractivity contribution in [2.75, 3.05) is 22.4 Å². The summed E-state index contributed by atoms with van der Waals surface area (Å²) in [5.41, 5.74) is 2.61. The Hall–Kier alpha value is -2.41. The molecule has 0 atom stereocenters. The number of hydrogen-bond donors (Lipinski definition) is 1. The van der Waals surface area contributed by atoms with Crippen LogP contribution in [-0.2, 0) is 14.8 Å². The van der Waals surface area contributed by atoms with Crippen LogP contribution in [0.3, 0.4) is 0 Å². The summed E-state index contributed by atoms with van der Waals surface area (Å²) < 4.78 is 38.8. The molecule has 0 radical (unpaired) electrons. The predicted octanol–water partition coefficient (Wildman–Crippen LogP) is 3.24. The number of aryl methyl sites for hydroxylation is 1. The maximum absolute atomic E-state index is 13.9. The number of benzene rings is 2. The standard InChI is InChI=1S/C18H21FN2O3S/c1-13-7-6-9-16(14(13)2)20-18(22)11-12-21(25(3,23)24)17-10-5-4-8-15(17)19/h4-10H,11-12H2,1-3H3,(H,20,22). The average Bonchev–Trinajstić information content (AvgIpc) is 2.52. The molecule has 2 aromatic carbocycles. The number of amides is 1. The second-order valence-electron chi connectivity index (χ2n) is 5.83. The van der Waals surface area contributed by atoms with Crippen LogP contribution in [-0.4, -0.2) is 27.1 Å². The first-order valence-electron chi connectivity index (χ1n) is 7.78. The molecule has 0 aromatic heterocycles. The summed E-state index contributed by atoms with van der Waals surface area (Å²) in [4.78, 5) is 12.2. The van der Waals surface area contributed by atoms with Crippen molar-refractivity contribution in [2.24, 2.45) is 0 Å². The number of anilines is 2. The van der Waals surface area contributed by atoms with E-state index in [0.717, 1.165) is 21.7 Å². The Labute approximate surface area is 147 Å². The molecule has 7 heteroatoms. The Kier molecular flexibility index (Phi) is 5.79. The topological polar surface area (TPSA) is 66.5 Å². The predicted molar refractivity (Wildman–Crippen MR) is 97.8 cm³/mol. The van der Waals surface area contributed by atoms with E-state index in [1.165, 1.54) is 18.2 Å². The SMILES string of the molecule is Cc1cccc(NC(=O)CCN(c2ccccc2F)S(C)(=O)=O)c1C. The third-order valence-corrected chi connectivity index (χ3v) is 5.12. The molecule has 0 saturated carbocycles. The molecule has 5 nitrogen and oxygen atoms in total. The van der Waals surface area contributed by atoms with Crippen LogP contribution in [0.15, 0.2) is 42.5 Å². The van der Waals surface area contributed by atoms with Gasteiger partial charge in [-0.1, -0.05) is 24.3 Å². The van der Waals surface area contributed by atoms with E-state index in [-0.39, 0.29) is 24.6 Å². The number of nitrogens with one attached hydrogen (secondary N) is 1. The molecular weight excluding hydrogens is 343 g/mol. The lowest BCUT2D eigenvalue weighted by Gasteiger charge is -2.22. The van der Waals surface area contributed by atoms with Gasteiger partial charge in [-0.3, -0.25) is 9.10 Å². The van der Waals surface area contributed by atoms with Crippen molar-refractivity contribution in [1.82, 2.24) is 0 Å². The van der Waals surface area contributed by atoms with Crippen molar-refractivity contribution in [3.05, 3.63) is 59.4 Å². The summed E-state index contributed by atoms with van der Waals surface area (Å²) in [6, 6.07) is 11.1. The monoisotopic (exact) mass is 364 g/mol. The highest BCUT2D eigenvalue weighted by molar-refractivity contribution is 7.92. The smallest absolute Gasteiger partial charge is 0.232 e. The number of hydrogen-bond acceptors (Lipinski definition) is 3. The normalized spacial score (nSPS) is 11.2. The van der Waals surface area contributed by atoms with Crippen LogP contribution >= 0.6 is 0 Å². The molecule has 0 unspecified atom stereocenters. The molecule has 134 valence electrons. The minimum Gasteiger partial charge on any atom is -0.326 e. The number of rotatable bonds is 6. The molecule has 0 aliphatic carbocycles. The number of para-hydroxylation sites is 1. The van der Waals surface area contributed by atoms with Gasteiger partial charge in [0.1, 0.15) is 5.82 Å². The summed E-state index contributed by atoms with van der Waals surface area (Å²) >= 11 is 0. The minimum absolute atomic E-state index is 0.0652. The molecule has 2 aromatic rings. The molecular formula is C18H21FN2O3S. The van der Waals surface area contributed by atoms with Crippen LogP contribution in [0.1, 0.15) is 17.5 Å². The van der Waals surface area contributed by atoms with E-state index in [9.17, 15) is 17.6 Å². The third kappa shape index (κ3) is 4.79. The first-order valence-corrected chi connectivity index (χ1v) is 9.63. The number of halogens is 1. The van der Waals surface area contributed by atoms with Crippen LogP contribution in [0, 0.1) is 19.7 Å². The van der Waals surface area contributed by atoms with E-state index >= 15 is 0 Å².